The molecule has 1 unspecified atom stereocenters. The summed E-state index contributed by atoms with van der Waals surface area (Å²) in [5.41, 5.74) is -0.808. The molecule has 0 bridgehead atoms. The van der Waals surface area contributed by atoms with Gasteiger partial charge in [0.05, 0.1) is 12.5 Å². The Bertz CT molecular complexity index is 1040. The van der Waals surface area contributed by atoms with E-state index in [9.17, 15) is 26.7 Å². The summed E-state index contributed by atoms with van der Waals surface area (Å²) in [6.45, 7) is 0.124. The molecule has 3 rings (SSSR count). The van der Waals surface area contributed by atoms with E-state index in [0.717, 1.165) is 11.5 Å². The molecule has 0 saturated carbocycles. The Hall–Kier alpha value is -2.49. The Balaban J connectivity index is 2.16. The number of H-pyrrole nitrogens is 1. The molecule has 0 fully saturated rings. The third-order valence-electron chi connectivity index (χ3n) is 4.14. The number of aromatic nitrogens is 4. The van der Waals surface area contributed by atoms with Crippen LogP contribution in [0.2, 0.25) is 5.02 Å². The van der Waals surface area contributed by atoms with Crippen molar-refractivity contribution in [2.24, 2.45) is 5.92 Å². The van der Waals surface area contributed by atoms with Gasteiger partial charge < -0.3 is 9.55 Å². The van der Waals surface area contributed by atoms with E-state index in [-0.39, 0.29) is 22.8 Å². The summed E-state index contributed by atoms with van der Waals surface area (Å²) in [5, 5.41) is 0.416. The van der Waals surface area contributed by atoms with Crippen LogP contribution in [0.25, 0.3) is 22.6 Å². The van der Waals surface area contributed by atoms with Gasteiger partial charge in [-0.3, -0.25) is 4.79 Å². The highest BCUT2D eigenvalue weighted by Crippen LogP contribution is 2.29. The number of alkyl halides is 5. The summed E-state index contributed by atoms with van der Waals surface area (Å²) in [4.78, 5) is 22.6. The average molecular weight is 421 g/mol. The zero-order chi connectivity index (χ0) is 20.6. The molecule has 2 heterocycles. The molecule has 11 heteroatoms. The highest BCUT2D eigenvalue weighted by molar-refractivity contribution is 6.30. The van der Waals surface area contributed by atoms with Crippen LogP contribution in [0.15, 0.2) is 29.1 Å². The van der Waals surface area contributed by atoms with E-state index in [1.165, 1.54) is 24.3 Å². The van der Waals surface area contributed by atoms with Crippen LogP contribution in [0.4, 0.5) is 22.0 Å². The first-order valence-corrected chi connectivity index (χ1v) is 8.54. The quantitative estimate of drug-likeness (QED) is 0.620. The fraction of sp³-hybridized carbons (Fsp3) is 0.353. The van der Waals surface area contributed by atoms with Crippen LogP contribution < -0.4 is 5.56 Å². The number of rotatable bonds is 5. The molecule has 150 valence electrons. The summed E-state index contributed by atoms with van der Waals surface area (Å²) in [6, 6.07) is 6.12. The molecule has 0 aliphatic carbocycles. The molecule has 1 atom stereocenters. The summed E-state index contributed by atoms with van der Waals surface area (Å²) in [5.74, 6) is -1.97. The van der Waals surface area contributed by atoms with Crippen LogP contribution in [-0.2, 0) is 13.0 Å². The summed E-state index contributed by atoms with van der Waals surface area (Å²) in [7, 11) is 0. The van der Waals surface area contributed by atoms with Crippen LogP contribution in [-0.4, -0.2) is 32.1 Å². The van der Waals surface area contributed by atoms with E-state index in [2.05, 4.69) is 15.0 Å². The van der Waals surface area contributed by atoms with Gasteiger partial charge in [0.2, 0.25) is 0 Å². The van der Waals surface area contributed by atoms with Crippen molar-refractivity contribution in [3.63, 3.8) is 0 Å². The first-order chi connectivity index (χ1) is 13.1. The SMILES string of the molecule is CC(Cc1nc2c(nc(-c3ccc(Cl)cc3)n2CC(F)F)c(=O)[nH]1)C(F)(F)F. The molecule has 0 amide bonds. The number of benzene rings is 1. The number of fused-ring (bicyclic) bond motifs is 1. The zero-order valence-electron chi connectivity index (χ0n) is 14.4. The Morgan fingerprint density at radius 3 is 2.39 bits per heavy atom. The lowest BCUT2D eigenvalue weighted by Gasteiger charge is -2.14. The van der Waals surface area contributed by atoms with Gasteiger partial charge >= 0.3 is 6.18 Å². The minimum Gasteiger partial charge on any atom is -0.309 e. The zero-order valence-corrected chi connectivity index (χ0v) is 15.2. The molecule has 3 aromatic rings. The lowest BCUT2D eigenvalue weighted by Crippen LogP contribution is -2.24. The number of hydrogen-bond acceptors (Lipinski definition) is 3. The molecule has 0 spiro atoms. The van der Waals surface area contributed by atoms with Gasteiger partial charge in [0.1, 0.15) is 11.6 Å². The van der Waals surface area contributed by atoms with E-state index >= 15 is 0 Å². The average Bonchev–Trinajstić information content (AvgIpc) is 2.93. The van der Waals surface area contributed by atoms with Crippen molar-refractivity contribution in [2.45, 2.75) is 32.5 Å². The number of nitrogens with zero attached hydrogens (tertiary/aromatic N) is 3. The molecular weight excluding hydrogens is 407 g/mol. The first-order valence-electron chi connectivity index (χ1n) is 8.16. The second-order valence-corrected chi connectivity index (χ2v) is 6.71. The van der Waals surface area contributed by atoms with Crippen molar-refractivity contribution in [3.05, 3.63) is 45.5 Å². The Morgan fingerprint density at radius 1 is 1.18 bits per heavy atom. The van der Waals surface area contributed by atoms with Gasteiger partial charge in [-0.15, -0.1) is 0 Å². The highest BCUT2D eigenvalue weighted by Gasteiger charge is 2.36. The van der Waals surface area contributed by atoms with Gasteiger partial charge in [-0.2, -0.15) is 13.2 Å². The van der Waals surface area contributed by atoms with Crippen molar-refractivity contribution in [1.82, 2.24) is 19.5 Å². The van der Waals surface area contributed by atoms with Gasteiger partial charge in [0, 0.05) is 17.0 Å². The molecule has 28 heavy (non-hydrogen) atoms. The largest absolute Gasteiger partial charge is 0.391 e. The molecule has 1 N–H and O–H groups in total. The molecule has 2 aromatic heterocycles. The molecular formula is C17H14ClF5N4O. The van der Waals surface area contributed by atoms with E-state index in [1.807, 2.05) is 0 Å². The standard InChI is InChI=1S/C17H14ClF5N4O/c1-8(17(21,22)23)6-12-24-15-13(16(28)25-12)26-14(27(15)7-11(19)20)9-2-4-10(18)5-3-9/h2-5,8,11H,6-7H2,1H3,(H,24,25,28). The topological polar surface area (TPSA) is 63.6 Å². The van der Waals surface area contributed by atoms with Gasteiger partial charge in [0.25, 0.3) is 12.0 Å². The van der Waals surface area contributed by atoms with Gasteiger partial charge in [-0.25, -0.2) is 18.7 Å². The Morgan fingerprint density at radius 2 is 1.82 bits per heavy atom. The number of aromatic amines is 1. The van der Waals surface area contributed by atoms with Crippen molar-refractivity contribution < 1.29 is 22.0 Å². The number of imidazole rings is 1. The molecule has 5 nitrogen and oxygen atoms in total. The normalized spacial score (nSPS) is 13.4. The minimum atomic E-state index is -4.48. The Kier molecular flexibility index (Phi) is 5.42. The van der Waals surface area contributed by atoms with Crippen molar-refractivity contribution >= 4 is 22.8 Å². The fourth-order valence-electron chi connectivity index (χ4n) is 2.69. The molecule has 0 saturated heterocycles. The third kappa shape index (κ3) is 4.16. The maximum absolute atomic E-state index is 13.1. The predicted octanol–water partition coefficient (Wildman–Crippen LogP) is 4.45. The van der Waals surface area contributed by atoms with E-state index in [1.54, 1.807) is 0 Å². The molecule has 0 aliphatic rings. The van der Waals surface area contributed by atoms with E-state index in [4.69, 9.17) is 11.6 Å². The third-order valence-corrected chi connectivity index (χ3v) is 4.39. The Labute approximate surface area is 160 Å². The monoisotopic (exact) mass is 420 g/mol. The van der Waals surface area contributed by atoms with Crippen molar-refractivity contribution in [3.8, 4) is 11.4 Å². The fourth-order valence-corrected chi connectivity index (χ4v) is 2.81. The second kappa shape index (κ2) is 7.50. The summed E-state index contributed by atoms with van der Waals surface area (Å²) in [6.07, 6.45) is -7.86. The van der Waals surface area contributed by atoms with E-state index in [0.29, 0.717) is 10.6 Å². The highest BCUT2D eigenvalue weighted by atomic mass is 35.5. The predicted molar refractivity (Wildman–Crippen MR) is 93.5 cm³/mol. The first kappa shape index (κ1) is 20.2. The number of halogens is 6. The smallest absolute Gasteiger partial charge is 0.309 e. The van der Waals surface area contributed by atoms with Crippen LogP contribution in [0.3, 0.4) is 0 Å². The lowest BCUT2D eigenvalue weighted by atomic mass is 10.1. The second-order valence-electron chi connectivity index (χ2n) is 6.28. The van der Waals surface area contributed by atoms with Crippen molar-refractivity contribution in [2.75, 3.05) is 0 Å². The summed E-state index contributed by atoms with van der Waals surface area (Å²) >= 11 is 5.83. The molecule has 0 aliphatic heterocycles. The number of hydrogen-bond donors (Lipinski definition) is 1. The molecule has 1 aromatic carbocycles. The maximum Gasteiger partial charge on any atom is 0.391 e. The van der Waals surface area contributed by atoms with Crippen LogP contribution >= 0.6 is 11.6 Å². The number of nitrogens with one attached hydrogen (secondary N) is 1. The van der Waals surface area contributed by atoms with Crippen LogP contribution in [0.5, 0.6) is 0 Å². The molecule has 0 radical (unpaired) electrons. The van der Waals surface area contributed by atoms with E-state index < -0.39 is 37.0 Å². The van der Waals surface area contributed by atoms with Crippen LogP contribution in [0, 0.1) is 5.92 Å². The minimum absolute atomic E-state index is 0.0472. The van der Waals surface area contributed by atoms with Gasteiger partial charge in [-0.1, -0.05) is 18.5 Å². The summed E-state index contributed by atoms with van der Waals surface area (Å²) < 4.78 is 65.7. The maximum atomic E-state index is 13.1. The van der Waals surface area contributed by atoms with Crippen LogP contribution in [0.1, 0.15) is 12.7 Å². The lowest BCUT2D eigenvalue weighted by molar-refractivity contribution is -0.169. The van der Waals surface area contributed by atoms with Gasteiger partial charge in [-0.05, 0) is 24.3 Å². The van der Waals surface area contributed by atoms with Crippen molar-refractivity contribution in [1.29, 1.82) is 0 Å². The van der Waals surface area contributed by atoms with Gasteiger partial charge in [0.15, 0.2) is 11.2 Å².